The molecule has 2 fully saturated rings. The van der Waals surface area contributed by atoms with Crippen molar-refractivity contribution in [3.63, 3.8) is 0 Å². The van der Waals surface area contributed by atoms with Gasteiger partial charge in [0.05, 0.1) is 31.7 Å². The zero-order valence-corrected chi connectivity index (χ0v) is 15.0. The number of nitrogens with zero attached hydrogens (tertiary/aromatic N) is 1. The van der Waals surface area contributed by atoms with Crippen LogP contribution in [0.2, 0.25) is 0 Å². The Morgan fingerprint density at radius 1 is 1.42 bits per heavy atom. The molecule has 126 valence electrons. The van der Waals surface area contributed by atoms with Crippen LogP contribution in [0, 0.1) is 11.8 Å². The summed E-state index contributed by atoms with van der Waals surface area (Å²) >= 11 is 3.43. The van der Waals surface area contributed by atoms with Crippen LogP contribution in [0.1, 0.15) is 18.5 Å². The van der Waals surface area contributed by atoms with E-state index in [4.69, 9.17) is 9.47 Å². The van der Waals surface area contributed by atoms with Crippen LogP contribution in [0.4, 0.5) is 0 Å². The first-order valence-electron chi connectivity index (χ1n) is 7.98. The largest absolute Gasteiger partial charge is 0.469 e. The van der Waals surface area contributed by atoms with E-state index in [0.29, 0.717) is 6.54 Å². The van der Waals surface area contributed by atoms with Crippen LogP contribution in [0.5, 0.6) is 0 Å². The summed E-state index contributed by atoms with van der Waals surface area (Å²) in [6, 6.07) is 7.84. The molecule has 0 radical (unpaired) electrons. The second-order valence-corrected chi connectivity index (χ2v) is 7.53. The average molecular weight is 392 g/mol. The highest BCUT2D eigenvalue weighted by Gasteiger charge is 2.67. The number of fused-ring (bicyclic) bond motifs is 1. The average Bonchev–Trinajstić information content (AvgIpc) is 3.22. The van der Waals surface area contributed by atoms with E-state index < -0.39 is 17.4 Å². The first kappa shape index (κ1) is 15.8. The molecule has 3 heterocycles. The predicted molar refractivity (Wildman–Crippen MR) is 90.0 cm³/mol. The highest BCUT2D eigenvalue weighted by molar-refractivity contribution is 9.10. The van der Waals surface area contributed by atoms with Crippen molar-refractivity contribution < 1.29 is 19.1 Å². The molecule has 1 aromatic carbocycles. The van der Waals surface area contributed by atoms with Crippen molar-refractivity contribution in [1.29, 1.82) is 0 Å². The van der Waals surface area contributed by atoms with Gasteiger partial charge in [-0.2, -0.15) is 0 Å². The number of halogens is 1. The summed E-state index contributed by atoms with van der Waals surface area (Å²) in [6.07, 6.45) is 3.49. The summed E-state index contributed by atoms with van der Waals surface area (Å²) in [7, 11) is 1.35. The van der Waals surface area contributed by atoms with Gasteiger partial charge in [0.2, 0.25) is 5.91 Å². The van der Waals surface area contributed by atoms with Gasteiger partial charge in [-0.3, -0.25) is 9.59 Å². The molecule has 3 aliphatic heterocycles. The molecule has 0 aromatic heterocycles. The van der Waals surface area contributed by atoms with Gasteiger partial charge in [0.25, 0.3) is 0 Å². The van der Waals surface area contributed by atoms with Crippen molar-refractivity contribution in [2.24, 2.45) is 11.8 Å². The van der Waals surface area contributed by atoms with Crippen LogP contribution in [0.25, 0.3) is 0 Å². The quantitative estimate of drug-likeness (QED) is 0.586. The molecule has 4 rings (SSSR count). The van der Waals surface area contributed by atoms with Crippen LogP contribution in [0.3, 0.4) is 0 Å². The van der Waals surface area contributed by atoms with Crippen molar-refractivity contribution in [1.82, 2.24) is 4.90 Å². The summed E-state index contributed by atoms with van der Waals surface area (Å²) in [6.45, 7) is 2.47. The number of hydrogen-bond donors (Lipinski definition) is 0. The van der Waals surface area contributed by atoms with Gasteiger partial charge in [-0.1, -0.05) is 40.2 Å². The Hall–Kier alpha value is -1.66. The van der Waals surface area contributed by atoms with E-state index in [1.54, 1.807) is 0 Å². The number of ether oxygens (including phenoxy) is 2. The van der Waals surface area contributed by atoms with Crippen molar-refractivity contribution in [2.45, 2.75) is 24.7 Å². The molecule has 1 amide bonds. The van der Waals surface area contributed by atoms with Crippen LogP contribution in [-0.2, 0) is 19.1 Å². The lowest BCUT2D eigenvalue weighted by Crippen LogP contribution is -2.39. The second-order valence-electron chi connectivity index (χ2n) is 6.62. The number of benzene rings is 1. The van der Waals surface area contributed by atoms with Crippen LogP contribution < -0.4 is 0 Å². The summed E-state index contributed by atoms with van der Waals surface area (Å²) in [5, 5.41) is 0. The van der Waals surface area contributed by atoms with Gasteiger partial charge in [0.15, 0.2) is 0 Å². The maximum atomic E-state index is 13.1. The number of likely N-dealkylation sites (tertiary alicyclic amines) is 1. The first-order chi connectivity index (χ1) is 11.5. The lowest BCUT2D eigenvalue weighted by atomic mass is 9.77. The Morgan fingerprint density at radius 2 is 2.12 bits per heavy atom. The van der Waals surface area contributed by atoms with Gasteiger partial charge in [0, 0.05) is 4.47 Å². The van der Waals surface area contributed by atoms with Gasteiger partial charge in [0.1, 0.15) is 11.5 Å². The summed E-state index contributed by atoms with van der Waals surface area (Å²) in [4.78, 5) is 27.1. The zero-order valence-electron chi connectivity index (χ0n) is 13.4. The van der Waals surface area contributed by atoms with Crippen molar-refractivity contribution in [2.75, 3.05) is 13.7 Å². The maximum Gasteiger partial charge on any atom is 0.312 e. The molecule has 1 spiro atoms. The molecule has 24 heavy (non-hydrogen) atoms. The van der Waals surface area contributed by atoms with Crippen LogP contribution in [0.15, 0.2) is 40.9 Å². The molecule has 6 heteroatoms. The molecular weight excluding hydrogens is 374 g/mol. The number of methoxy groups -OCH3 is 1. The number of esters is 1. The Kier molecular flexibility index (Phi) is 3.58. The maximum absolute atomic E-state index is 13.1. The third kappa shape index (κ3) is 2.09. The van der Waals surface area contributed by atoms with Crippen LogP contribution >= 0.6 is 15.9 Å². The Morgan fingerprint density at radius 3 is 2.79 bits per heavy atom. The minimum Gasteiger partial charge on any atom is -0.469 e. The lowest BCUT2D eigenvalue weighted by Gasteiger charge is -2.27. The van der Waals surface area contributed by atoms with Crippen molar-refractivity contribution >= 4 is 27.8 Å². The van der Waals surface area contributed by atoms with Gasteiger partial charge >= 0.3 is 5.97 Å². The van der Waals surface area contributed by atoms with E-state index >= 15 is 0 Å². The molecule has 5 nitrogen and oxygen atoms in total. The van der Waals surface area contributed by atoms with E-state index in [-0.39, 0.29) is 24.0 Å². The summed E-state index contributed by atoms with van der Waals surface area (Å²) in [5.74, 6) is -1.44. The number of hydrogen-bond acceptors (Lipinski definition) is 4. The van der Waals surface area contributed by atoms with E-state index in [1.165, 1.54) is 7.11 Å². The summed E-state index contributed by atoms with van der Waals surface area (Å²) in [5.41, 5.74) is 0.362. The molecular formula is C18H18BrNO4. The molecule has 0 unspecified atom stereocenters. The summed E-state index contributed by atoms with van der Waals surface area (Å²) < 4.78 is 11.9. The molecule has 0 N–H and O–H groups in total. The van der Waals surface area contributed by atoms with E-state index in [1.807, 2.05) is 48.2 Å². The highest BCUT2D eigenvalue weighted by Crippen LogP contribution is 2.53. The molecule has 2 bridgehead atoms. The van der Waals surface area contributed by atoms with E-state index in [0.717, 1.165) is 10.0 Å². The predicted octanol–water partition coefficient (Wildman–Crippen LogP) is 2.47. The fourth-order valence-electron chi connectivity index (χ4n) is 4.18. The minimum atomic E-state index is -0.690. The van der Waals surface area contributed by atoms with Crippen LogP contribution in [-0.4, -0.2) is 42.1 Å². The van der Waals surface area contributed by atoms with Crippen molar-refractivity contribution in [3.8, 4) is 0 Å². The Bertz CT molecular complexity index is 731. The smallest absolute Gasteiger partial charge is 0.312 e. The van der Waals surface area contributed by atoms with Gasteiger partial charge in [-0.05, 0) is 24.6 Å². The topological polar surface area (TPSA) is 55.8 Å². The first-order valence-corrected chi connectivity index (χ1v) is 8.77. The van der Waals surface area contributed by atoms with E-state index in [9.17, 15) is 9.59 Å². The second kappa shape index (κ2) is 5.43. The fraction of sp³-hybridized carbons (Fsp3) is 0.444. The molecule has 0 aliphatic carbocycles. The van der Waals surface area contributed by atoms with Crippen molar-refractivity contribution in [3.05, 3.63) is 46.5 Å². The van der Waals surface area contributed by atoms with E-state index in [2.05, 4.69) is 15.9 Å². The third-order valence-electron chi connectivity index (χ3n) is 5.42. The molecule has 2 saturated heterocycles. The SMILES string of the molecule is COC(=O)[C@@H]1[C@H]2C(=O)N([C@@H](C)c3ccc(Br)cc3)C[C@]23C=C[C@H]1O3. The molecule has 0 saturated carbocycles. The molecule has 5 atom stereocenters. The zero-order chi connectivity index (χ0) is 17.1. The normalized spacial score (nSPS) is 34.5. The molecule has 1 aromatic rings. The lowest BCUT2D eigenvalue weighted by molar-refractivity contribution is -0.151. The number of carbonyl (C=O) groups is 2. The minimum absolute atomic E-state index is 0.0346. The van der Waals surface area contributed by atoms with Gasteiger partial charge in [-0.25, -0.2) is 0 Å². The number of carbonyl (C=O) groups excluding carboxylic acids is 2. The number of rotatable bonds is 3. The Labute approximate surface area is 148 Å². The number of amides is 1. The molecule has 3 aliphatic rings. The third-order valence-corrected chi connectivity index (χ3v) is 5.95. The monoisotopic (exact) mass is 391 g/mol. The standard InChI is InChI=1S/C18H18BrNO4/c1-10(11-3-5-12(19)6-4-11)20-9-18-8-7-13(24-18)14(17(22)23-2)15(18)16(20)21/h3-8,10,13-15H,9H2,1-2H3/t10-,13+,14-,15-,18+/m0/s1. The fourth-order valence-corrected chi connectivity index (χ4v) is 4.45. The Balaban J connectivity index is 1.65. The van der Waals surface area contributed by atoms with Gasteiger partial charge in [-0.15, -0.1) is 0 Å². The highest BCUT2D eigenvalue weighted by atomic mass is 79.9. The van der Waals surface area contributed by atoms with Gasteiger partial charge < -0.3 is 14.4 Å².